The zero-order valence-corrected chi connectivity index (χ0v) is 16.7. The molecule has 5 heteroatoms. The van der Waals surface area contributed by atoms with Crippen LogP contribution in [0.4, 0.5) is 5.69 Å². The summed E-state index contributed by atoms with van der Waals surface area (Å²) in [5.74, 6) is 1.13. The molecule has 0 radical (unpaired) electrons. The molecule has 0 spiro atoms. The summed E-state index contributed by atoms with van der Waals surface area (Å²) >= 11 is 0. The van der Waals surface area contributed by atoms with Crippen LogP contribution in [-0.4, -0.2) is 32.3 Å². The number of nitrogens with one attached hydrogen (secondary N) is 1. The van der Waals surface area contributed by atoms with Gasteiger partial charge in [-0.05, 0) is 42.2 Å². The van der Waals surface area contributed by atoms with Crippen molar-refractivity contribution in [2.45, 2.75) is 39.2 Å². The monoisotopic (exact) mass is 371 g/mol. The molecule has 2 aromatic carbocycles. The van der Waals surface area contributed by atoms with Gasteiger partial charge in [0.1, 0.15) is 18.1 Å². The largest absolute Gasteiger partial charge is 0.491 e. The number of benzene rings is 2. The van der Waals surface area contributed by atoms with Gasteiger partial charge in [0.2, 0.25) is 0 Å². The van der Waals surface area contributed by atoms with Crippen LogP contribution >= 0.6 is 0 Å². The van der Waals surface area contributed by atoms with Crippen LogP contribution < -0.4 is 14.8 Å². The maximum absolute atomic E-state index is 12.4. The summed E-state index contributed by atoms with van der Waals surface area (Å²) < 4.78 is 16.3. The molecule has 1 atom stereocenters. The van der Waals surface area contributed by atoms with Crippen molar-refractivity contribution in [3.8, 4) is 11.5 Å². The summed E-state index contributed by atoms with van der Waals surface area (Å²) in [4.78, 5) is 12.4. The first-order valence-electron chi connectivity index (χ1n) is 9.09. The zero-order valence-electron chi connectivity index (χ0n) is 16.7. The Hall–Kier alpha value is -2.53. The van der Waals surface area contributed by atoms with E-state index in [0.29, 0.717) is 30.4 Å². The second kappa shape index (κ2) is 9.42. The van der Waals surface area contributed by atoms with Gasteiger partial charge in [0.15, 0.2) is 6.10 Å². The van der Waals surface area contributed by atoms with Crippen LogP contribution in [0.5, 0.6) is 11.5 Å². The van der Waals surface area contributed by atoms with Crippen molar-refractivity contribution in [1.29, 1.82) is 0 Å². The van der Waals surface area contributed by atoms with Crippen LogP contribution in [-0.2, 0) is 14.9 Å². The Morgan fingerprint density at radius 3 is 2.37 bits per heavy atom. The molecule has 0 saturated heterocycles. The van der Waals surface area contributed by atoms with E-state index in [1.54, 1.807) is 20.1 Å². The Bertz CT molecular complexity index is 735. The molecule has 0 heterocycles. The number of carbonyl (C=O) groups excluding carboxylic acids is 1. The molecule has 1 N–H and O–H groups in total. The van der Waals surface area contributed by atoms with Gasteiger partial charge in [-0.25, -0.2) is 0 Å². The summed E-state index contributed by atoms with van der Waals surface area (Å²) in [6.07, 6.45) is -0.622. The number of anilines is 1. The molecule has 5 nitrogen and oxygen atoms in total. The number of amides is 1. The van der Waals surface area contributed by atoms with Crippen LogP contribution in [0.15, 0.2) is 48.5 Å². The fourth-order valence-electron chi connectivity index (χ4n) is 2.44. The highest BCUT2D eigenvalue weighted by Gasteiger charge is 2.17. The van der Waals surface area contributed by atoms with E-state index >= 15 is 0 Å². The van der Waals surface area contributed by atoms with Gasteiger partial charge in [-0.2, -0.15) is 0 Å². The van der Waals surface area contributed by atoms with Crippen LogP contribution in [0.2, 0.25) is 0 Å². The molecular formula is C22H29NO4. The summed E-state index contributed by atoms with van der Waals surface area (Å²) in [6, 6.07) is 15.1. The molecule has 0 aliphatic carbocycles. The normalized spacial score (nSPS) is 12.3. The first kappa shape index (κ1) is 20.8. The number of hydrogen-bond acceptors (Lipinski definition) is 4. The molecule has 0 aliphatic heterocycles. The van der Waals surface area contributed by atoms with Crippen molar-refractivity contribution < 1.29 is 19.0 Å². The Morgan fingerprint density at radius 2 is 1.74 bits per heavy atom. The highest BCUT2D eigenvalue weighted by Crippen LogP contribution is 2.25. The van der Waals surface area contributed by atoms with Crippen molar-refractivity contribution in [2.24, 2.45) is 0 Å². The van der Waals surface area contributed by atoms with Gasteiger partial charge >= 0.3 is 0 Å². The SMILES string of the molecule is COCCOc1cccc(NC(=O)C(C)Oc2ccc(C(C)(C)C)cc2)c1. The van der Waals surface area contributed by atoms with Gasteiger partial charge in [-0.15, -0.1) is 0 Å². The number of methoxy groups -OCH3 is 1. The Morgan fingerprint density at radius 1 is 1.04 bits per heavy atom. The van der Waals surface area contributed by atoms with Crippen molar-refractivity contribution in [2.75, 3.05) is 25.6 Å². The molecule has 2 rings (SSSR count). The van der Waals surface area contributed by atoms with Crippen LogP contribution in [0.1, 0.15) is 33.3 Å². The van der Waals surface area contributed by atoms with Crippen molar-refractivity contribution >= 4 is 11.6 Å². The van der Waals surface area contributed by atoms with Gasteiger partial charge in [-0.3, -0.25) is 4.79 Å². The summed E-state index contributed by atoms with van der Waals surface area (Å²) in [5.41, 5.74) is 1.96. The third kappa shape index (κ3) is 6.61. The van der Waals surface area contributed by atoms with E-state index in [-0.39, 0.29) is 11.3 Å². The van der Waals surface area contributed by atoms with Gasteiger partial charge in [0.05, 0.1) is 6.61 Å². The zero-order chi connectivity index (χ0) is 19.9. The lowest BCUT2D eigenvalue weighted by molar-refractivity contribution is -0.122. The van der Waals surface area contributed by atoms with E-state index in [9.17, 15) is 4.79 Å². The third-order valence-corrected chi connectivity index (χ3v) is 4.06. The quantitative estimate of drug-likeness (QED) is 0.698. The lowest BCUT2D eigenvalue weighted by Crippen LogP contribution is -2.30. The second-order valence-electron chi connectivity index (χ2n) is 7.39. The van der Waals surface area contributed by atoms with Crippen LogP contribution in [0.3, 0.4) is 0 Å². The molecular weight excluding hydrogens is 342 g/mol. The summed E-state index contributed by atoms with van der Waals surface area (Å²) in [6.45, 7) is 9.17. The lowest BCUT2D eigenvalue weighted by Gasteiger charge is -2.20. The standard InChI is InChI=1S/C22H29NO4/c1-16(27-19-11-9-17(10-12-19)22(2,3)4)21(24)23-18-7-6-8-20(15-18)26-14-13-25-5/h6-12,15-16H,13-14H2,1-5H3,(H,23,24). The molecule has 27 heavy (non-hydrogen) atoms. The van der Waals surface area contributed by atoms with Crippen molar-refractivity contribution in [3.05, 3.63) is 54.1 Å². The van der Waals surface area contributed by atoms with E-state index in [1.807, 2.05) is 42.5 Å². The van der Waals surface area contributed by atoms with Crippen molar-refractivity contribution in [3.63, 3.8) is 0 Å². The molecule has 0 saturated carbocycles. The fraction of sp³-hybridized carbons (Fsp3) is 0.409. The lowest BCUT2D eigenvalue weighted by atomic mass is 9.87. The van der Waals surface area contributed by atoms with Crippen LogP contribution in [0, 0.1) is 0 Å². The van der Waals surface area contributed by atoms with E-state index in [0.717, 1.165) is 0 Å². The molecule has 0 fully saturated rings. The highest BCUT2D eigenvalue weighted by molar-refractivity contribution is 5.94. The Balaban J connectivity index is 1.92. The first-order chi connectivity index (χ1) is 12.8. The molecule has 146 valence electrons. The summed E-state index contributed by atoms with van der Waals surface area (Å²) in [5, 5.41) is 2.85. The highest BCUT2D eigenvalue weighted by atomic mass is 16.5. The maximum Gasteiger partial charge on any atom is 0.265 e. The molecule has 0 bridgehead atoms. The van der Waals surface area contributed by atoms with Crippen molar-refractivity contribution in [1.82, 2.24) is 0 Å². The average Bonchev–Trinajstić information content (AvgIpc) is 2.62. The number of ether oxygens (including phenoxy) is 3. The van der Waals surface area contributed by atoms with E-state index in [2.05, 4.69) is 26.1 Å². The Labute approximate surface area is 161 Å². The minimum Gasteiger partial charge on any atom is -0.491 e. The number of hydrogen-bond donors (Lipinski definition) is 1. The van der Waals surface area contributed by atoms with Gasteiger partial charge in [0.25, 0.3) is 5.91 Å². The second-order valence-corrected chi connectivity index (χ2v) is 7.39. The smallest absolute Gasteiger partial charge is 0.265 e. The fourth-order valence-corrected chi connectivity index (χ4v) is 2.44. The predicted octanol–water partition coefficient (Wildman–Crippen LogP) is 4.42. The van der Waals surface area contributed by atoms with E-state index in [4.69, 9.17) is 14.2 Å². The van der Waals surface area contributed by atoms with Gasteiger partial charge in [0, 0.05) is 18.9 Å². The molecule has 1 amide bonds. The average molecular weight is 371 g/mol. The number of rotatable bonds is 8. The Kier molecular flexibility index (Phi) is 7.25. The molecule has 0 aromatic heterocycles. The third-order valence-electron chi connectivity index (χ3n) is 4.06. The maximum atomic E-state index is 12.4. The number of carbonyl (C=O) groups is 1. The van der Waals surface area contributed by atoms with Gasteiger partial charge in [-0.1, -0.05) is 39.0 Å². The minimum absolute atomic E-state index is 0.0812. The van der Waals surface area contributed by atoms with E-state index in [1.165, 1.54) is 5.56 Å². The van der Waals surface area contributed by atoms with Crippen LogP contribution in [0.25, 0.3) is 0 Å². The first-order valence-corrected chi connectivity index (χ1v) is 9.09. The van der Waals surface area contributed by atoms with Gasteiger partial charge < -0.3 is 19.5 Å². The molecule has 1 unspecified atom stereocenters. The minimum atomic E-state index is -0.622. The predicted molar refractivity (Wildman–Crippen MR) is 108 cm³/mol. The topological polar surface area (TPSA) is 56.8 Å². The molecule has 0 aliphatic rings. The summed E-state index contributed by atoms with van der Waals surface area (Å²) in [7, 11) is 1.62. The van der Waals surface area contributed by atoms with E-state index < -0.39 is 6.10 Å². The molecule has 2 aromatic rings.